The first-order valence-electron chi connectivity index (χ1n) is 14.3. The van der Waals surface area contributed by atoms with Gasteiger partial charge in [0, 0.05) is 34.2 Å². The van der Waals surface area contributed by atoms with Crippen molar-refractivity contribution in [2.45, 2.75) is 159 Å². The third kappa shape index (κ3) is 20.5. The zero-order valence-electron chi connectivity index (χ0n) is 25.4. The molecule has 0 aliphatic heterocycles. The summed E-state index contributed by atoms with van der Waals surface area (Å²) < 4.78 is 0. The average molecular weight is 666 g/mol. The predicted octanol–water partition coefficient (Wildman–Crippen LogP) is 5.20. The van der Waals surface area contributed by atoms with Gasteiger partial charge in [-0.3, -0.25) is 0 Å². The summed E-state index contributed by atoms with van der Waals surface area (Å²) in [4.78, 5) is 32.2. The Hall–Kier alpha value is -0.00558. The molecule has 220 valence electrons. The number of carboxylic acid groups (broad SMARTS) is 3. The number of hydrogen-bond acceptors (Lipinski definition) is 6. The van der Waals surface area contributed by atoms with Crippen molar-refractivity contribution in [3.05, 3.63) is 0 Å². The molecule has 0 heterocycles. The second-order valence-electron chi connectivity index (χ2n) is 11.0. The van der Waals surface area contributed by atoms with Gasteiger partial charge in [-0.05, 0) is 38.5 Å². The quantitative estimate of drug-likeness (QED) is 0.186. The van der Waals surface area contributed by atoms with Crippen molar-refractivity contribution in [1.82, 2.24) is 0 Å². The zero-order valence-corrected chi connectivity index (χ0v) is 27.9. The van der Waals surface area contributed by atoms with Gasteiger partial charge in [-0.2, -0.15) is 0 Å². The SMILES string of the molecule is CCCCCC(C)(CC)C(=O)[O-].CCCCCC(C)(CC)C(=O)[O-].CCCCCC(C)(CC)C(=O)[O-].[Eu+3]. The van der Waals surface area contributed by atoms with Crippen LogP contribution < -0.4 is 15.3 Å². The summed E-state index contributed by atoms with van der Waals surface area (Å²) >= 11 is 0. The Balaban J connectivity index is -0.000000218. The van der Waals surface area contributed by atoms with Gasteiger partial charge in [-0.1, -0.05) is 120 Å². The van der Waals surface area contributed by atoms with Gasteiger partial charge in [0.25, 0.3) is 0 Å². The first-order valence-corrected chi connectivity index (χ1v) is 14.3. The molecule has 0 aliphatic rings. The van der Waals surface area contributed by atoms with E-state index in [0.29, 0.717) is 19.3 Å². The van der Waals surface area contributed by atoms with Crippen LogP contribution in [0.1, 0.15) is 159 Å². The van der Waals surface area contributed by atoms with Crippen molar-refractivity contribution in [2.75, 3.05) is 0 Å². The van der Waals surface area contributed by atoms with Gasteiger partial charge < -0.3 is 29.7 Å². The Morgan fingerprint density at radius 2 is 0.649 bits per heavy atom. The van der Waals surface area contributed by atoms with Crippen LogP contribution >= 0.6 is 0 Å². The maximum Gasteiger partial charge on any atom is 3.00 e. The van der Waals surface area contributed by atoms with Crippen LogP contribution in [-0.2, 0) is 14.4 Å². The molecule has 3 unspecified atom stereocenters. The zero-order chi connectivity index (χ0) is 28.8. The third-order valence-corrected chi connectivity index (χ3v) is 7.82. The molecular weight excluding hydrogens is 608 g/mol. The molecule has 0 aromatic carbocycles. The Morgan fingerprint density at radius 3 is 0.757 bits per heavy atom. The molecule has 0 aromatic rings. The van der Waals surface area contributed by atoms with E-state index in [2.05, 4.69) is 20.8 Å². The number of carboxylic acids is 3. The van der Waals surface area contributed by atoms with E-state index in [0.717, 1.165) is 77.0 Å². The van der Waals surface area contributed by atoms with Crippen molar-refractivity contribution in [3.63, 3.8) is 0 Å². The van der Waals surface area contributed by atoms with Gasteiger partial charge in [0.2, 0.25) is 0 Å². The number of hydrogen-bond donors (Lipinski definition) is 0. The van der Waals surface area contributed by atoms with Gasteiger partial charge in [0.15, 0.2) is 0 Å². The number of carbonyl (C=O) groups is 3. The van der Waals surface area contributed by atoms with Crippen LogP contribution in [-0.4, -0.2) is 17.9 Å². The van der Waals surface area contributed by atoms with Crippen LogP contribution in [0.25, 0.3) is 0 Å². The average Bonchev–Trinajstić information content (AvgIpc) is 2.84. The van der Waals surface area contributed by atoms with Gasteiger partial charge in [0.05, 0.1) is 0 Å². The van der Waals surface area contributed by atoms with E-state index in [4.69, 9.17) is 0 Å². The normalized spacial score (nSPS) is 15.2. The van der Waals surface area contributed by atoms with Gasteiger partial charge in [-0.15, -0.1) is 0 Å². The topological polar surface area (TPSA) is 120 Å². The van der Waals surface area contributed by atoms with E-state index in [1.54, 1.807) is 20.8 Å². The Bertz CT molecular complexity index is 516. The molecule has 0 aromatic heterocycles. The molecular formula is C30H57EuO6. The van der Waals surface area contributed by atoms with Crippen molar-refractivity contribution in [2.24, 2.45) is 16.2 Å². The number of aliphatic carboxylic acids is 3. The number of rotatable bonds is 18. The molecule has 6 nitrogen and oxygen atoms in total. The van der Waals surface area contributed by atoms with Crippen LogP contribution in [0.5, 0.6) is 0 Å². The summed E-state index contributed by atoms with van der Waals surface area (Å²) in [5, 5.41) is 32.2. The fourth-order valence-electron chi connectivity index (χ4n) is 3.57. The van der Waals surface area contributed by atoms with E-state index in [1.807, 2.05) is 20.8 Å². The van der Waals surface area contributed by atoms with Crippen LogP contribution in [0.3, 0.4) is 0 Å². The third-order valence-electron chi connectivity index (χ3n) is 7.82. The molecule has 0 aliphatic carbocycles. The fourth-order valence-corrected chi connectivity index (χ4v) is 3.57. The van der Waals surface area contributed by atoms with Gasteiger partial charge >= 0.3 is 49.4 Å². The van der Waals surface area contributed by atoms with E-state index >= 15 is 0 Å². The van der Waals surface area contributed by atoms with Crippen LogP contribution in [0.4, 0.5) is 0 Å². The Labute approximate surface area is 269 Å². The van der Waals surface area contributed by atoms with E-state index in [-0.39, 0.29) is 49.4 Å². The second-order valence-corrected chi connectivity index (χ2v) is 11.0. The van der Waals surface area contributed by atoms with E-state index in [1.165, 1.54) is 0 Å². The number of unbranched alkanes of at least 4 members (excludes halogenated alkanes) is 6. The predicted molar refractivity (Wildman–Crippen MR) is 143 cm³/mol. The van der Waals surface area contributed by atoms with E-state index < -0.39 is 34.2 Å². The Morgan fingerprint density at radius 1 is 0.459 bits per heavy atom. The minimum absolute atomic E-state index is 0. The molecule has 0 radical (unpaired) electrons. The molecule has 0 spiro atoms. The molecule has 7 heteroatoms. The first kappa shape index (κ1) is 44.0. The van der Waals surface area contributed by atoms with Crippen molar-refractivity contribution < 1.29 is 79.1 Å². The van der Waals surface area contributed by atoms with E-state index in [9.17, 15) is 29.7 Å². The summed E-state index contributed by atoms with van der Waals surface area (Å²) in [6.07, 6.45) is 14.0. The molecule has 0 rings (SSSR count). The van der Waals surface area contributed by atoms with Crippen molar-refractivity contribution in [1.29, 1.82) is 0 Å². The largest absolute Gasteiger partial charge is 3.00 e. The smallest absolute Gasteiger partial charge is 0.550 e. The molecule has 37 heavy (non-hydrogen) atoms. The van der Waals surface area contributed by atoms with Crippen LogP contribution in [0, 0.1) is 65.6 Å². The maximum atomic E-state index is 10.7. The van der Waals surface area contributed by atoms with Crippen molar-refractivity contribution in [3.8, 4) is 0 Å². The summed E-state index contributed by atoms with van der Waals surface area (Å²) in [5.74, 6) is -2.71. The molecule has 0 bridgehead atoms. The molecule has 0 fully saturated rings. The molecule has 0 saturated carbocycles. The summed E-state index contributed by atoms with van der Waals surface area (Å²) in [6, 6.07) is 0. The summed E-state index contributed by atoms with van der Waals surface area (Å²) in [6.45, 7) is 17.4. The molecule has 0 amide bonds. The summed E-state index contributed by atoms with van der Waals surface area (Å²) in [7, 11) is 0. The first-order chi connectivity index (χ1) is 16.7. The molecule has 3 atom stereocenters. The monoisotopic (exact) mass is 666 g/mol. The number of carbonyl (C=O) groups excluding carboxylic acids is 3. The summed E-state index contributed by atoms with van der Waals surface area (Å²) in [5.41, 5.74) is -1.81. The second kappa shape index (κ2) is 25.0. The Kier molecular flexibility index (Phi) is 29.7. The minimum atomic E-state index is -0.902. The van der Waals surface area contributed by atoms with Crippen molar-refractivity contribution >= 4 is 17.9 Å². The molecule has 0 saturated heterocycles. The standard InChI is InChI=1S/3C10H20O2.Eu/c3*1-4-6-7-8-10(3,5-2)9(11)12;/h3*4-8H2,1-3H3,(H,11,12);/q;;;+3/p-3. The van der Waals surface area contributed by atoms with Crippen LogP contribution in [0.15, 0.2) is 0 Å². The van der Waals surface area contributed by atoms with Gasteiger partial charge in [0.1, 0.15) is 0 Å². The van der Waals surface area contributed by atoms with Crippen LogP contribution in [0.2, 0.25) is 0 Å². The minimum Gasteiger partial charge on any atom is -0.550 e. The molecule has 0 N–H and O–H groups in total. The van der Waals surface area contributed by atoms with Gasteiger partial charge in [-0.25, -0.2) is 0 Å². The fraction of sp³-hybridized carbons (Fsp3) is 0.900. The maximum absolute atomic E-state index is 10.7.